The highest BCUT2D eigenvalue weighted by Crippen LogP contribution is 2.28. The van der Waals surface area contributed by atoms with Crippen LogP contribution in [-0.2, 0) is 6.54 Å². The lowest BCUT2D eigenvalue weighted by Gasteiger charge is -2.08. The van der Waals surface area contributed by atoms with E-state index in [0.29, 0.717) is 12.4 Å². The molecule has 0 aliphatic heterocycles. The van der Waals surface area contributed by atoms with Gasteiger partial charge >= 0.3 is 0 Å². The molecule has 4 N–H and O–H groups in total. The molecule has 2 heterocycles. The molecule has 6 nitrogen and oxygen atoms in total. The molecule has 3 aromatic rings. The molecule has 0 atom stereocenters. The summed E-state index contributed by atoms with van der Waals surface area (Å²) in [7, 11) is 0. The molecular formula is C15H18N6. The van der Waals surface area contributed by atoms with Crippen LogP contribution in [0.2, 0.25) is 0 Å². The van der Waals surface area contributed by atoms with Gasteiger partial charge in [0.15, 0.2) is 5.82 Å². The molecule has 108 valence electrons. The minimum atomic E-state index is 0.477. The van der Waals surface area contributed by atoms with Gasteiger partial charge in [-0.3, -0.25) is 4.99 Å². The molecule has 3 rings (SSSR count). The number of anilines is 1. The highest BCUT2D eigenvalue weighted by molar-refractivity contribution is 6.06. The molecule has 0 amide bonds. The van der Waals surface area contributed by atoms with E-state index in [4.69, 9.17) is 11.5 Å². The van der Waals surface area contributed by atoms with Crippen molar-refractivity contribution in [3.63, 3.8) is 0 Å². The van der Waals surface area contributed by atoms with Gasteiger partial charge in [0.05, 0.1) is 17.4 Å². The van der Waals surface area contributed by atoms with Crippen molar-refractivity contribution >= 4 is 34.1 Å². The number of aliphatic imine (C=N–C) groups is 1. The zero-order valence-electron chi connectivity index (χ0n) is 12.0. The maximum absolute atomic E-state index is 6.05. The van der Waals surface area contributed by atoms with Crippen molar-refractivity contribution in [3.8, 4) is 0 Å². The van der Waals surface area contributed by atoms with Crippen LogP contribution in [0.4, 0.5) is 5.82 Å². The molecule has 0 aliphatic carbocycles. The minimum Gasteiger partial charge on any atom is -0.390 e. The third kappa shape index (κ3) is 2.29. The van der Waals surface area contributed by atoms with Crippen LogP contribution in [0.15, 0.2) is 29.3 Å². The number of nitrogens with two attached hydrogens (primary N) is 2. The standard InChI is InChI=1S/C15H18N6/c1-10-19-13-14(21(10)8-4-7-18-9-16)11-5-2-3-6-12(11)20-15(13)17/h2-3,5-6,9H,4,7-8H2,1H3,(H2,16,18)(H2,17,20). The highest BCUT2D eigenvalue weighted by atomic mass is 15.1. The Labute approximate surface area is 122 Å². The fraction of sp³-hybridized carbons (Fsp3) is 0.267. The van der Waals surface area contributed by atoms with Gasteiger partial charge in [0.1, 0.15) is 11.3 Å². The maximum Gasteiger partial charge on any atom is 0.152 e. The van der Waals surface area contributed by atoms with Crippen molar-refractivity contribution in [2.24, 2.45) is 10.7 Å². The van der Waals surface area contributed by atoms with Crippen LogP contribution >= 0.6 is 0 Å². The molecule has 0 spiro atoms. The Morgan fingerprint density at radius 1 is 1.29 bits per heavy atom. The third-order valence-electron chi connectivity index (χ3n) is 3.58. The van der Waals surface area contributed by atoms with E-state index in [1.54, 1.807) is 0 Å². The second-order valence-electron chi connectivity index (χ2n) is 4.93. The number of benzene rings is 1. The second kappa shape index (κ2) is 5.40. The fourth-order valence-electron chi connectivity index (χ4n) is 2.64. The van der Waals surface area contributed by atoms with Gasteiger partial charge in [-0.1, -0.05) is 18.2 Å². The van der Waals surface area contributed by atoms with E-state index in [9.17, 15) is 0 Å². The molecule has 0 bridgehead atoms. The zero-order chi connectivity index (χ0) is 14.8. The molecule has 0 aliphatic rings. The fourth-order valence-corrected chi connectivity index (χ4v) is 2.64. The summed E-state index contributed by atoms with van der Waals surface area (Å²) in [6.07, 6.45) is 2.24. The van der Waals surface area contributed by atoms with Crippen molar-refractivity contribution in [2.45, 2.75) is 19.9 Å². The average Bonchev–Trinajstić information content (AvgIpc) is 2.82. The van der Waals surface area contributed by atoms with Gasteiger partial charge in [-0.05, 0) is 19.4 Å². The highest BCUT2D eigenvalue weighted by Gasteiger charge is 2.14. The van der Waals surface area contributed by atoms with Crippen molar-refractivity contribution in [3.05, 3.63) is 30.1 Å². The van der Waals surface area contributed by atoms with E-state index in [1.807, 2.05) is 25.1 Å². The maximum atomic E-state index is 6.05. The number of pyridine rings is 1. The lowest BCUT2D eigenvalue weighted by molar-refractivity contribution is 0.651. The quantitative estimate of drug-likeness (QED) is 0.433. The molecule has 0 saturated heterocycles. The van der Waals surface area contributed by atoms with E-state index in [-0.39, 0.29) is 0 Å². The number of fused-ring (bicyclic) bond motifs is 3. The molecule has 0 radical (unpaired) electrons. The van der Waals surface area contributed by atoms with Gasteiger partial charge < -0.3 is 16.0 Å². The summed E-state index contributed by atoms with van der Waals surface area (Å²) in [5, 5.41) is 1.07. The summed E-state index contributed by atoms with van der Waals surface area (Å²) in [6.45, 7) is 3.52. The van der Waals surface area contributed by atoms with Crippen molar-refractivity contribution in [1.29, 1.82) is 0 Å². The van der Waals surface area contributed by atoms with Gasteiger partial charge in [0.25, 0.3) is 0 Å². The number of aromatic nitrogens is 3. The van der Waals surface area contributed by atoms with E-state index in [0.717, 1.165) is 40.7 Å². The van der Waals surface area contributed by atoms with E-state index < -0.39 is 0 Å². The van der Waals surface area contributed by atoms with Crippen molar-refractivity contribution in [2.75, 3.05) is 12.3 Å². The number of para-hydroxylation sites is 1. The zero-order valence-corrected chi connectivity index (χ0v) is 12.0. The summed E-state index contributed by atoms with van der Waals surface area (Å²) >= 11 is 0. The lowest BCUT2D eigenvalue weighted by Crippen LogP contribution is -2.03. The number of nitrogens with zero attached hydrogens (tertiary/aromatic N) is 4. The predicted octanol–water partition coefficient (Wildman–Crippen LogP) is 1.85. The van der Waals surface area contributed by atoms with Crippen LogP contribution < -0.4 is 11.5 Å². The smallest absolute Gasteiger partial charge is 0.152 e. The van der Waals surface area contributed by atoms with Gasteiger partial charge in [0.2, 0.25) is 0 Å². The van der Waals surface area contributed by atoms with Crippen LogP contribution in [0.5, 0.6) is 0 Å². The van der Waals surface area contributed by atoms with Crippen LogP contribution in [-0.4, -0.2) is 27.4 Å². The van der Waals surface area contributed by atoms with E-state index >= 15 is 0 Å². The van der Waals surface area contributed by atoms with Gasteiger partial charge in [-0.25, -0.2) is 9.97 Å². The summed E-state index contributed by atoms with van der Waals surface area (Å²) in [4.78, 5) is 13.0. The molecule has 21 heavy (non-hydrogen) atoms. The Balaban J connectivity index is 2.16. The Morgan fingerprint density at radius 3 is 2.90 bits per heavy atom. The van der Waals surface area contributed by atoms with Crippen molar-refractivity contribution < 1.29 is 0 Å². The molecule has 1 aromatic carbocycles. The predicted molar refractivity (Wildman–Crippen MR) is 86.3 cm³/mol. The van der Waals surface area contributed by atoms with Crippen LogP contribution in [0.3, 0.4) is 0 Å². The SMILES string of the molecule is Cc1nc2c(N)nc3ccccc3c2n1CCCN=CN. The Kier molecular flexibility index (Phi) is 3.43. The number of hydrogen-bond acceptors (Lipinski definition) is 4. The van der Waals surface area contributed by atoms with Crippen LogP contribution in [0.25, 0.3) is 21.9 Å². The minimum absolute atomic E-state index is 0.477. The van der Waals surface area contributed by atoms with Gasteiger partial charge in [-0.15, -0.1) is 0 Å². The number of imidazole rings is 1. The molecule has 6 heteroatoms. The summed E-state index contributed by atoms with van der Waals surface area (Å²) in [5.74, 6) is 1.41. The van der Waals surface area contributed by atoms with E-state index in [1.165, 1.54) is 6.34 Å². The molecule has 2 aromatic heterocycles. The number of rotatable bonds is 4. The van der Waals surface area contributed by atoms with Gasteiger partial charge in [0, 0.05) is 18.5 Å². The van der Waals surface area contributed by atoms with Gasteiger partial charge in [-0.2, -0.15) is 0 Å². The Hall–Kier alpha value is -2.63. The molecule has 0 fully saturated rings. The second-order valence-corrected chi connectivity index (χ2v) is 4.93. The first-order valence-corrected chi connectivity index (χ1v) is 6.93. The van der Waals surface area contributed by atoms with Crippen LogP contribution in [0, 0.1) is 6.92 Å². The van der Waals surface area contributed by atoms with Crippen LogP contribution in [0.1, 0.15) is 12.2 Å². The first-order valence-electron chi connectivity index (χ1n) is 6.93. The average molecular weight is 282 g/mol. The number of hydrogen-bond donors (Lipinski definition) is 2. The molecular weight excluding hydrogens is 264 g/mol. The number of nitrogen functional groups attached to an aromatic ring is 1. The monoisotopic (exact) mass is 282 g/mol. The summed E-state index contributed by atoms with van der Waals surface area (Å²) < 4.78 is 2.18. The topological polar surface area (TPSA) is 95.1 Å². The first kappa shape index (κ1) is 13.4. The third-order valence-corrected chi connectivity index (χ3v) is 3.58. The normalized spacial score (nSPS) is 11.9. The first-order chi connectivity index (χ1) is 10.2. The Morgan fingerprint density at radius 2 is 2.10 bits per heavy atom. The molecule has 0 saturated carbocycles. The lowest BCUT2D eigenvalue weighted by atomic mass is 10.2. The largest absolute Gasteiger partial charge is 0.390 e. The van der Waals surface area contributed by atoms with E-state index in [2.05, 4.69) is 25.6 Å². The summed E-state index contributed by atoms with van der Waals surface area (Å²) in [5.41, 5.74) is 14.0. The van der Waals surface area contributed by atoms with Crippen molar-refractivity contribution in [1.82, 2.24) is 14.5 Å². The Bertz CT molecular complexity index is 818. The number of aryl methyl sites for hydroxylation is 2. The summed E-state index contributed by atoms with van der Waals surface area (Å²) in [6, 6.07) is 7.99. The molecule has 0 unspecified atom stereocenters.